The summed E-state index contributed by atoms with van der Waals surface area (Å²) in [6.07, 6.45) is 5.81. The van der Waals surface area contributed by atoms with E-state index in [-0.39, 0.29) is 34.4 Å². The predicted octanol–water partition coefficient (Wildman–Crippen LogP) is 4.72. The second-order valence-electron chi connectivity index (χ2n) is 10.0. The summed E-state index contributed by atoms with van der Waals surface area (Å²) in [5, 5.41) is 0. The molecule has 0 aromatic carbocycles. The van der Waals surface area contributed by atoms with Gasteiger partial charge in [-0.25, -0.2) is 0 Å². The molecule has 2 atom stereocenters. The van der Waals surface area contributed by atoms with Gasteiger partial charge in [0.1, 0.15) is 11.6 Å². The normalized spacial score (nSPS) is 17.9. The number of nitrogens with zero attached hydrogens (tertiary/aromatic N) is 1. The Hall–Kier alpha value is -0.650. The number of ketones is 2. The lowest BCUT2D eigenvalue weighted by atomic mass is 10.0. The lowest BCUT2D eigenvalue weighted by Gasteiger charge is -2.24. The van der Waals surface area contributed by atoms with E-state index in [1.807, 2.05) is 11.8 Å². The zero-order chi connectivity index (χ0) is 27.5. The molecule has 37 heavy (non-hydrogen) atoms. The van der Waals surface area contributed by atoms with Crippen molar-refractivity contribution in [3.05, 3.63) is 0 Å². The van der Waals surface area contributed by atoms with Crippen LogP contribution in [0.3, 0.4) is 0 Å². The van der Waals surface area contributed by atoms with E-state index in [1.54, 1.807) is 35.8 Å². The Bertz CT molecular complexity index is 663. The van der Waals surface area contributed by atoms with Crippen molar-refractivity contribution in [1.29, 1.82) is 0 Å². The van der Waals surface area contributed by atoms with Gasteiger partial charge in [-0.2, -0.15) is 0 Å². The molecule has 10 heteroatoms. The number of methoxy groups -OCH3 is 2. The summed E-state index contributed by atoms with van der Waals surface area (Å²) in [5.41, 5.74) is 0. The average molecular weight is 564 g/mol. The van der Waals surface area contributed by atoms with E-state index in [0.29, 0.717) is 71.7 Å². The van der Waals surface area contributed by atoms with Crippen molar-refractivity contribution in [2.24, 2.45) is 0 Å². The monoisotopic (exact) mass is 563 g/mol. The number of Topliss-reactive ketones (excluding diaryl/α,β-unsaturated/α-hetero) is 2. The van der Waals surface area contributed by atoms with Gasteiger partial charge in [-0.1, -0.05) is 28.5 Å². The fourth-order valence-corrected chi connectivity index (χ4v) is 6.46. The Morgan fingerprint density at radius 2 is 1.62 bits per heavy atom. The number of amides is 1. The molecule has 0 spiro atoms. The SMILES string of the molecule is CCC(=O)CCOCCOCCSSC(C)(C)CCC(=O)CCCCC(=O)N1C[C@@H](OC)C[C@@H]1COC. The molecule has 0 aromatic rings. The van der Waals surface area contributed by atoms with E-state index < -0.39 is 0 Å². The first-order valence-electron chi connectivity index (χ1n) is 13.5. The first kappa shape index (κ1) is 34.4. The van der Waals surface area contributed by atoms with Gasteiger partial charge in [-0.15, -0.1) is 0 Å². The second-order valence-corrected chi connectivity index (χ2v) is 13.1. The molecular weight excluding hydrogens is 514 g/mol. The van der Waals surface area contributed by atoms with Crippen LogP contribution in [-0.2, 0) is 33.3 Å². The maximum absolute atomic E-state index is 12.7. The minimum atomic E-state index is 0.00915. The van der Waals surface area contributed by atoms with Crippen molar-refractivity contribution in [3.63, 3.8) is 0 Å². The van der Waals surface area contributed by atoms with Crippen molar-refractivity contribution in [2.75, 3.05) is 59.6 Å². The quantitative estimate of drug-likeness (QED) is 0.129. The molecule has 0 aromatic heterocycles. The van der Waals surface area contributed by atoms with E-state index in [0.717, 1.165) is 31.4 Å². The summed E-state index contributed by atoms with van der Waals surface area (Å²) in [6, 6.07) is 0.0793. The molecule has 0 bridgehead atoms. The summed E-state index contributed by atoms with van der Waals surface area (Å²) >= 11 is 0. The van der Waals surface area contributed by atoms with Crippen molar-refractivity contribution < 1.29 is 33.3 Å². The molecule has 0 saturated carbocycles. The Balaban J connectivity index is 2.07. The number of rotatable bonds is 23. The maximum atomic E-state index is 12.7. The third-order valence-electron chi connectivity index (χ3n) is 6.38. The van der Waals surface area contributed by atoms with Crippen LogP contribution in [0.4, 0.5) is 0 Å². The molecule has 1 rings (SSSR count). The van der Waals surface area contributed by atoms with Crippen LogP contribution < -0.4 is 0 Å². The van der Waals surface area contributed by atoms with Gasteiger partial charge in [-0.05, 0) is 39.5 Å². The highest BCUT2D eigenvalue weighted by molar-refractivity contribution is 8.77. The van der Waals surface area contributed by atoms with Crippen LogP contribution in [-0.4, -0.2) is 98.8 Å². The van der Waals surface area contributed by atoms with Crippen molar-refractivity contribution in [2.45, 2.75) is 95.5 Å². The average Bonchev–Trinajstić information content (AvgIpc) is 3.29. The highest BCUT2D eigenvalue weighted by Crippen LogP contribution is 2.38. The molecule has 0 unspecified atom stereocenters. The molecule has 0 aliphatic carbocycles. The molecule has 0 radical (unpaired) electrons. The third kappa shape index (κ3) is 16.1. The maximum Gasteiger partial charge on any atom is 0.222 e. The van der Waals surface area contributed by atoms with E-state index in [1.165, 1.54) is 0 Å². The zero-order valence-corrected chi connectivity index (χ0v) is 25.2. The minimum Gasteiger partial charge on any atom is -0.383 e. The smallest absolute Gasteiger partial charge is 0.222 e. The van der Waals surface area contributed by atoms with Gasteiger partial charge in [0.05, 0.1) is 45.2 Å². The number of ether oxygens (including phenoxy) is 4. The summed E-state index contributed by atoms with van der Waals surface area (Å²) in [6.45, 7) is 9.51. The highest BCUT2D eigenvalue weighted by atomic mass is 33.1. The lowest BCUT2D eigenvalue weighted by Crippen LogP contribution is -2.38. The molecule has 8 nitrogen and oxygen atoms in total. The lowest BCUT2D eigenvalue weighted by molar-refractivity contribution is -0.133. The van der Waals surface area contributed by atoms with Crippen LogP contribution in [0.2, 0.25) is 0 Å². The first-order chi connectivity index (χ1) is 17.7. The molecule has 1 fully saturated rings. The Kier molecular flexibility index (Phi) is 18.8. The van der Waals surface area contributed by atoms with Gasteiger partial charge in [0, 0.05) is 63.4 Å². The van der Waals surface area contributed by atoms with Gasteiger partial charge in [0.2, 0.25) is 5.91 Å². The minimum absolute atomic E-state index is 0.00915. The molecule has 1 amide bonds. The zero-order valence-electron chi connectivity index (χ0n) is 23.6. The third-order valence-corrected chi connectivity index (χ3v) is 9.69. The van der Waals surface area contributed by atoms with Crippen molar-refractivity contribution in [3.8, 4) is 0 Å². The van der Waals surface area contributed by atoms with Gasteiger partial charge in [0.25, 0.3) is 0 Å². The highest BCUT2D eigenvalue weighted by Gasteiger charge is 2.34. The number of likely N-dealkylation sites (tertiary alicyclic amines) is 1. The molecule has 0 N–H and O–H groups in total. The molecule has 1 aliphatic heterocycles. The topological polar surface area (TPSA) is 91.4 Å². The van der Waals surface area contributed by atoms with E-state index >= 15 is 0 Å². The van der Waals surface area contributed by atoms with Crippen molar-refractivity contribution >= 4 is 39.1 Å². The molecule has 1 heterocycles. The fourth-order valence-electron chi connectivity index (χ4n) is 4.03. The van der Waals surface area contributed by atoms with Crippen LogP contribution in [0.5, 0.6) is 0 Å². The first-order valence-corrected chi connectivity index (χ1v) is 15.8. The summed E-state index contributed by atoms with van der Waals surface area (Å²) in [4.78, 5) is 38.1. The molecular formula is C27H49NO7S2. The van der Waals surface area contributed by atoms with Crippen LogP contribution in [0.1, 0.15) is 78.6 Å². The number of unbranched alkanes of at least 4 members (excludes halogenated alkanes) is 1. The van der Waals surface area contributed by atoms with Crippen molar-refractivity contribution in [1.82, 2.24) is 4.90 Å². The second kappa shape index (κ2) is 20.3. The Labute approximate surface area is 232 Å². The van der Waals surface area contributed by atoms with Crippen LogP contribution >= 0.6 is 21.6 Å². The molecule has 1 saturated heterocycles. The fraction of sp³-hybridized carbons (Fsp3) is 0.889. The standard InChI is InChI=1S/C27H49NO7S2/c1-6-23(29)12-14-34-15-16-35-17-18-36-37-27(2,3)13-11-24(30)9-7-8-10-26(31)28-20-25(33-5)19-22(28)21-32-4/h22,25H,6-21H2,1-5H3/t22-,25+/m1/s1. The van der Waals surface area contributed by atoms with Gasteiger partial charge < -0.3 is 23.8 Å². The van der Waals surface area contributed by atoms with Gasteiger partial charge in [0.15, 0.2) is 0 Å². The largest absolute Gasteiger partial charge is 0.383 e. The Morgan fingerprint density at radius 1 is 0.919 bits per heavy atom. The molecule has 216 valence electrons. The number of carbonyl (C=O) groups excluding carboxylic acids is 3. The number of carbonyl (C=O) groups is 3. The van der Waals surface area contributed by atoms with Crippen LogP contribution in [0, 0.1) is 0 Å². The van der Waals surface area contributed by atoms with E-state index in [4.69, 9.17) is 18.9 Å². The Morgan fingerprint density at radius 3 is 2.30 bits per heavy atom. The predicted molar refractivity (Wildman–Crippen MR) is 151 cm³/mol. The van der Waals surface area contributed by atoms with Gasteiger partial charge in [-0.3, -0.25) is 14.4 Å². The number of hydrogen-bond donors (Lipinski definition) is 0. The molecule has 1 aliphatic rings. The summed E-state index contributed by atoms with van der Waals surface area (Å²) in [5.74, 6) is 1.50. The van der Waals surface area contributed by atoms with Gasteiger partial charge >= 0.3 is 0 Å². The van der Waals surface area contributed by atoms with E-state index in [2.05, 4.69) is 13.8 Å². The van der Waals surface area contributed by atoms with Crippen LogP contribution in [0.15, 0.2) is 0 Å². The number of hydrogen-bond acceptors (Lipinski definition) is 9. The van der Waals surface area contributed by atoms with Crippen LogP contribution in [0.25, 0.3) is 0 Å². The van der Waals surface area contributed by atoms with E-state index in [9.17, 15) is 14.4 Å². The summed E-state index contributed by atoms with van der Waals surface area (Å²) in [7, 11) is 6.90. The summed E-state index contributed by atoms with van der Waals surface area (Å²) < 4.78 is 21.7.